The van der Waals surface area contributed by atoms with Crippen molar-refractivity contribution in [2.24, 2.45) is 0 Å². The minimum Gasteiger partial charge on any atom is -0.373 e. The van der Waals surface area contributed by atoms with E-state index in [-0.39, 0.29) is 55.0 Å². The summed E-state index contributed by atoms with van der Waals surface area (Å²) >= 11 is 0. The predicted molar refractivity (Wildman–Crippen MR) is 75.1 cm³/mol. The first-order valence-corrected chi connectivity index (χ1v) is 6.63. The minimum atomic E-state index is -0.857. The molecule has 0 saturated carbocycles. The first kappa shape index (κ1) is 18.0. The fourth-order valence-electron chi connectivity index (χ4n) is 2.02. The first-order chi connectivity index (χ1) is 9.29. The largest absolute Gasteiger partial charge is 2.00 e. The third-order valence-corrected chi connectivity index (χ3v) is 3.58. The molecule has 1 N–H and O–H groups in total. The number of hydrogen-bond acceptors (Lipinski definition) is 3. The summed E-state index contributed by atoms with van der Waals surface area (Å²) in [7, 11) is 3.59. The standard InChI is InChI=1S/C14H25N3O2.U/c1-6-12-8-7-9-17(12)14(19)10(2)15-13(18)11(3)16(4)5;/h10-12H,1-2,6-9H2,3-5H3,(H,15,18);/q-2;+2/t10-,11?,12-;/m0./s1/i9T;/t9-,10+,11?,12+;/m1.. The Morgan fingerprint density at radius 2 is 2.15 bits per heavy atom. The summed E-state index contributed by atoms with van der Waals surface area (Å²) in [4.78, 5) is 27.5. The van der Waals surface area contributed by atoms with E-state index in [4.69, 9.17) is 1.37 Å². The second-order valence-corrected chi connectivity index (χ2v) is 5.15. The van der Waals surface area contributed by atoms with Gasteiger partial charge in [0.25, 0.3) is 0 Å². The molecule has 0 spiro atoms. The van der Waals surface area contributed by atoms with Crippen molar-refractivity contribution in [3.05, 3.63) is 13.8 Å². The van der Waals surface area contributed by atoms with Crippen molar-refractivity contribution in [1.82, 2.24) is 15.1 Å². The van der Waals surface area contributed by atoms with Gasteiger partial charge in [0, 0.05) is 13.9 Å². The molecule has 1 aliphatic heterocycles. The van der Waals surface area contributed by atoms with Gasteiger partial charge in [-0.1, -0.05) is 0 Å². The number of amides is 2. The van der Waals surface area contributed by atoms with Gasteiger partial charge in [-0.05, 0) is 39.9 Å². The van der Waals surface area contributed by atoms with E-state index in [2.05, 4.69) is 19.2 Å². The summed E-state index contributed by atoms with van der Waals surface area (Å²) < 4.78 is 7.91. The molecule has 1 heterocycles. The average molecular weight is 507 g/mol. The maximum Gasteiger partial charge on any atom is 2.00 e. The number of carbonyl (C=O) groups is 2. The van der Waals surface area contributed by atoms with Crippen LogP contribution in [-0.4, -0.2) is 60.4 Å². The summed E-state index contributed by atoms with van der Waals surface area (Å²) in [6.45, 7) is 8.74. The third-order valence-electron chi connectivity index (χ3n) is 3.58. The van der Waals surface area contributed by atoms with E-state index in [1.807, 2.05) is 0 Å². The first-order valence-electron chi connectivity index (χ1n) is 7.20. The molecule has 6 heteroatoms. The Morgan fingerprint density at radius 3 is 2.65 bits per heavy atom. The smallest absolute Gasteiger partial charge is 0.373 e. The van der Waals surface area contributed by atoms with Crippen LogP contribution in [0.4, 0.5) is 0 Å². The van der Waals surface area contributed by atoms with Crippen molar-refractivity contribution in [3.8, 4) is 0 Å². The topological polar surface area (TPSA) is 52.7 Å². The van der Waals surface area contributed by atoms with Crippen LogP contribution >= 0.6 is 0 Å². The second-order valence-electron chi connectivity index (χ2n) is 5.15. The normalized spacial score (nSPS) is 25.7. The van der Waals surface area contributed by atoms with Crippen LogP contribution in [0.15, 0.2) is 0 Å². The average Bonchev–Trinajstić information content (AvgIpc) is 2.77. The summed E-state index contributed by atoms with van der Waals surface area (Å²) in [6, 6.07) is -1.21. The van der Waals surface area contributed by atoms with Gasteiger partial charge < -0.3 is 24.1 Å². The number of hydrogen-bond donors (Lipinski definition) is 1. The summed E-state index contributed by atoms with van der Waals surface area (Å²) in [5.74, 6) is -0.536. The van der Waals surface area contributed by atoms with E-state index < -0.39 is 12.6 Å². The number of likely N-dealkylation sites (N-methyl/N-ethyl adjacent to an activating group) is 1. The molecule has 1 fully saturated rings. The van der Waals surface area contributed by atoms with Crippen molar-refractivity contribution in [3.63, 3.8) is 0 Å². The van der Waals surface area contributed by atoms with Crippen molar-refractivity contribution in [2.75, 3.05) is 20.6 Å². The van der Waals surface area contributed by atoms with Crippen LogP contribution < -0.4 is 5.32 Å². The van der Waals surface area contributed by atoms with Gasteiger partial charge >= 0.3 is 31.1 Å². The van der Waals surface area contributed by atoms with Crippen LogP contribution in [0.2, 0.25) is 0 Å². The van der Waals surface area contributed by atoms with Crippen molar-refractivity contribution in [2.45, 2.75) is 44.3 Å². The molecule has 1 saturated heterocycles. The summed E-state index contributed by atoms with van der Waals surface area (Å²) in [6.07, 6.45) is 2.02. The maximum atomic E-state index is 12.3. The van der Waals surface area contributed by atoms with E-state index in [1.165, 1.54) is 4.90 Å². The third kappa shape index (κ3) is 5.05. The molecular formula is C14H25N3O2U. The maximum absolute atomic E-state index is 12.3. The fourth-order valence-corrected chi connectivity index (χ4v) is 2.02. The van der Waals surface area contributed by atoms with E-state index in [1.54, 1.807) is 25.9 Å². The van der Waals surface area contributed by atoms with Gasteiger partial charge in [-0.15, -0.1) is 0 Å². The van der Waals surface area contributed by atoms with Crippen LogP contribution in [0.3, 0.4) is 0 Å². The van der Waals surface area contributed by atoms with Crippen LogP contribution in [-0.2, 0) is 9.59 Å². The molecular weight excluding hydrogens is 480 g/mol. The quantitative estimate of drug-likeness (QED) is 0.551. The Hall–Kier alpha value is -0.0481. The van der Waals surface area contributed by atoms with E-state index in [0.29, 0.717) is 12.8 Å². The van der Waals surface area contributed by atoms with E-state index >= 15 is 0 Å². The van der Waals surface area contributed by atoms with E-state index in [0.717, 1.165) is 6.42 Å². The Bertz CT molecular complexity index is 368. The molecule has 112 valence electrons. The van der Waals surface area contributed by atoms with Gasteiger partial charge in [-0.2, -0.15) is 6.42 Å². The molecule has 4 atom stereocenters. The van der Waals surface area contributed by atoms with Crippen molar-refractivity contribution >= 4 is 11.8 Å². The number of nitrogens with zero attached hydrogens (tertiary/aromatic N) is 2. The number of nitrogens with one attached hydrogen (secondary N) is 1. The molecule has 5 nitrogen and oxygen atoms in total. The van der Waals surface area contributed by atoms with Gasteiger partial charge in [0.05, 0.1) is 6.04 Å². The molecule has 0 radical (unpaired) electrons. The second kappa shape index (κ2) is 9.07. The fraction of sp³-hybridized carbons (Fsp3) is 0.714. The van der Waals surface area contributed by atoms with Gasteiger partial charge in [-0.3, -0.25) is 14.5 Å². The Labute approximate surface area is 147 Å². The Kier molecular flexibility index (Phi) is 8.16. The molecule has 0 aromatic heterocycles. The summed E-state index contributed by atoms with van der Waals surface area (Å²) in [5.41, 5.74) is 0. The molecule has 0 bridgehead atoms. The Balaban J connectivity index is 0.00000400. The number of carbonyl (C=O) groups excluding carboxylic acids is 2. The zero-order chi connectivity index (χ0) is 15.4. The molecule has 0 aromatic carbocycles. The molecule has 2 amide bonds. The molecule has 1 rings (SSSR count). The Morgan fingerprint density at radius 1 is 1.55 bits per heavy atom. The number of rotatable bonds is 5. The van der Waals surface area contributed by atoms with Gasteiger partial charge in [0.2, 0.25) is 11.8 Å². The minimum absolute atomic E-state index is 0. The van der Waals surface area contributed by atoms with Crippen LogP contribution in [0, 0.1) is 45.0 Å². The van der Waals surface area contributed by atoms with Gasteiger partial charge in [-0.25, -0.2) is 0 Å². The van der Waals surface area contributed by atoms with Crippen LogP contribution in [0.5, 0.6) is 0 Å². The van der Waals surface area contributed by atoms with Crippen molar-refractivity contribution in [1.29, 1.82) is 0 Å². The van der Waals surface area contributed by atoms with Crippen molar-refractivity contribution < 1.29 is 42.1 Å². The predicted octanol–water partition coefficient (Wildman–Crippen LogP) is 0.471. The zero-order valence-corrected chi connectivity index (χ0v) is 16.7. The molecule has 1 aliphatic rings. The molecule has 0 aliphatic carbocycles. The summed E-state index contributed by atoms with van der Waals surface area (Å²) in [5, 5.41) is 2.62. The SMILES string of the molecule is [3H][C@@H]1CC[C@H](C[CH2-])N1C(=O)[C@H]([CH2-])NC(=O)C(C)N(C)C.[U+2]. The molecule has 20 heavy (non-hydrogen) atoms. The molecule has 1 unspecified atom stereocenters. The van der Waals surface area contributed by atoms with E-state index in [9.17, 15) is 9.59 Å². The van der Waals surface area contributed by atoms with Crippen LogP contribution in [0.25, 0.3) is 0 Å². The van der Waals surface area contributed by atoms with Gasteiger partial charge in [0.1, 0.15) is 0 Å². The number of likely N-dealkylation sites (tertiary alicyclic amines) is 1. The van der Waals surface area contributed by atoms with Crippen LogP contribution in [0.1, 0.15) is 27.6 Å². The zero-order valence-electron chi connectivity index (χ0n) is 13.6. The molecule has 0 aromatic rings. The van der Waals surface area contributed by atoms with Gasteiger partial charge in [0.15, 0.2) is 0 Å². The monoisotopic (exact) mass is 507 g/mol.